The lowest BCUT2D eigenvalue weighted by molar-refractivity contribution is 0.187. The Labute approximate surface area is 113 Å². The molecule has 2 rings (SSSR count). The second-order valence-corrected chi connectivity index (χ2v) is 4.59. The van der Waals surface area contributed by atoms with E-state index in [-0.39, 0.29) is 0 Å². The van der Waals surface area contributed by atoms with E-state index in [1.165, 1.54) is 13.5 Å². The van der Waals surface area contributed by atoms with Gasteiger partial charge in [0.2, 0.25) is 0 Å². The predicted octanol–water partition coefficient (Wildman–Crippen LogP) is 1.45. The maximum absolute atomic E-state index is 11.2. The number of rotatable bonds is 3. The number of nitrogens with one attached hydrogen (secondary N) is 2. The Hall–Kier alpha value is -1.82. The topological polar surface area (TPSA) is 66.5 Å². The van der Waals surface area contributed by atoms with Crippen molar-refractivity contribution in [2.75, 3.05) is 37.5 Å². The zero-order valence-electron chi connectivity index (χ0n) is 11.3. The molecule has 2 heterocycles. The molecule has 0 aliphatic carbocycles. The normalized spacial score (nSPS) is 19.1. The fourth-order valence-corrected chi connectivity index (χ4v) is 2.26. The summed E-state index contributed by atoms with van der Waals surface area (Å²) < 4.78 is 4.58. The van der Waals surface area contributed by atoms with E-state index < -0.39 is 6.09 Å². The number of nitrogens with zero attached hydrogens (tertiary/aromatic N) is 2. The van der Waals surface area contributed by atoms with E-state index in [2.05, 4.69) is 25.3 Å². The largest absolute Gasteiger partial charge is 0.453 e. The summed E-state index contributed by atoms with van der Waals surface area (Å²) in [5.74, 6) is 0.883. The highest BCUT2D eigenvalue weighted by atomic mass is 16.5. The van der Waals surface area contributed by atoms with Crippen LogP contribution in [-0.4, -0.2) is 44.4 Å². The minimum atomic E-state index is -0.469. The molecule has 1 aliphatic rings. The third-order valence-electron chi connectivity index (χ3n) is 3.33. The highest BCUT2D eigenvalue weighted by Gasteiger charge is 2.19. The molecule has 104 valence electrons. The van der Waals surface area contributed by atoms with Gasteiger partial charge in [0.15, 0.2) is 0 Å². The minimum Gasteiger partial charge on any atom is -0.453 e. The Balaban J connectivity index is 2.07. The third-order valence-corrected chi connectivity index (χ3v) is 3.33. The molecule has 19 heavy (non-hydrogen) atoms. The molecule has 0 aromatic carbocycles. The average molecular weight is 264 g/mol. The Morgan fingerprint density at radius 3 is 3.16 bits per heavy atom. The maximum atomic E-state index is 11.2. The number of pyridine rings is 1. The molecule has 6 nitrogen and oxygen atoms in total. The number of carbonyl (C=O) groups is 1. The van der Waals surface area contributed by atoms with Crippen LogP contribution in [0.25, 0.3) is 0 Å². The first-order valence-corrected chi connectivity index (χ1v) is 6.46. The molecule has 1 aromatic rings. The molecule has 0 radical (unpaired) electrons. The molecule has 1 atom stereocenters. The summed E-state index contributed by atoms with van der Waals surface area (Å²) in [7, 11) is 3.33. The smallest absolute Gasteiger partial charge is 0.411 e. The highest BCUT2D eigenvalue weighted by molar-refractivity contribution is 5.84. The van der Waals surface area contributed by atoms with Gasteiger partial charge >= 0.3 is 6.09 Å². The van der Waals surface area contributed by atoms with Crippen molar-refractivity contribution in [3.8, 4) is 0 Å². The highest BCUT2D eigenvalue weighted by Crippen LogP contribution is 2.20. The van der Waals surface area contributed by atoms with Crippen LogP contribution in [0.15, 0.2) is 18.3 Å². The van der Waals surface area contributed by atoms with Gasteiger partial charge in [0, 0.05) is 37.1 Å². The van der Waals surface area contributed by atoms with Gasteiger partial charge in [0.25, 0.3) is 0 Å². The number of carbonyl (C=O) groups excluding carboxylic acids is 1. The van der Waals surface area contributed by atoms with Gasteiger partial charge < -0.3 is 15.0 Å². The van der Waals surface area contributed by atoms with Crippen LogP contribution in [0.3, 0.4) is 0 Å². The summed E-state index contributed by atoms with van der Waals surface area (Å²) in [5.41, 5.74) is 0.698. The summed E-state index contributed by atoms with van der Waals surface area (Å²) in [5, 5.41) is 5.95. The number of likely N-dealkylation sites (N-methyl/N-ethyl adjacent to an activating group) is 1. The Morgan fingerprint density at radius 2 is 2.42 bits per heavy atom. The van der Waals surface area contributed by atoms with E-state index in [1.807, 2.05) is 13.1 Å². The van der Waals surface area contributed by atoms with Gasteiger partial charge in [0.05, 0.1) is 7.11 Å². The van der Waals surface area contributed by atoms with Crippen LogP contribution in [0.4, 0.5) is 16.3 Å². The predicted molar refractivity (Wildman–Crippen MR) is 74.6 cm³/mol. The lowest BCUT2D eigenvalue weighted by Crippen LogP contribution is -2.44. The van der Waals surface area contributed by atoms with Crippen molar-refractivity contribution in [2.24, 2.45) is 0 Å². The van der Waals surface area contributed by atoms with Crippen molar-refractivity contribution >= 4 is 17.6 Å². The second kappa shape index (κ2) is 6.38. The number of piperidine rings is 1. The van der Waals surface area contributed by atoms with E-state index in [0.29, 0.717) is 11.7 Å². The molecule has 1 amide bonds. The molecule has 0 unspecified atom stereocenters. The van der Waals surface area contributed by atoms with Crippen molar-refractivity contribution in [1.29, 1.82) is 0 Å². The van der Waals surface area contributed by atoms with Crippen molar-refractivity contribution in [1.82, 2.24) is 10.3 Å². The molecule has 1 saturated heterocycles. The third kappa shape index (κ3) is 3.57. The monoisotopic (exact) mass is 264 g/mol. The van der Waals surface area contributed by atoms with E-state index in [1.54, 1.807) is 12.3 Å². The summed E-state index contributed by atoms with van der Waals surface area (Å²) in [4.78, 5) is 17.8. The quantitative estimate of drug-likeness (QED) is 0.865. The first-order valence-electron chi connectivity index (χ1n) is 6.46. The molecule has 1 aliphatic heterocycles. The van der Waals surface area contributed by atoms with Crippen molar-refractivity contribution in [3.05, 3.63) is 18.3 Å². The van der Waals surface area contributed by atoms with Gasteiger partial charge in [-0.1, -0.05) is 0 Å². The number of amides is 1. The fraction of sp³-hybridized carbons (Fsp3) is 0.538. The summed E-state index contributed by atoms with van der Waals surface area (Å²) in [6.45, 7) is 1.93. The number of ether oxygens (including phenoxy) is 1. The van der Waals surface area contributed by atoms with Crippen molar-refractivity contribution in [3.63, 3.8) is 0 Å². The Kier molecular flexibility index (Phi) is 4.57. The van der Waals surface area contributed by atoms with Gasteiger partial charge in [-0.3, -0.25) is 5.32 Å². The number of anilines is 2. The second-order valence-electron chi connectivity index (χ2n) is 4.59. The number of hydrogen-bond acceptors (Lipinski definition) is 5. The van der Waals surface area contributed by atoms with Crippen LogP contribution >= 0.6 is 0 Å². The van der Waals surface area contributed by atoms with Gasteiger partial charge in [-0.2, -0.15) is 0 Å². The van der Waals surface area contributed by atoms with Gasteiger partial charge in [-0.05, 0) is 26.0 Å². The summed E-state index contributed by atoms with van der Waals surface area (Å²) in [6, 6.07) is 4.11. The molecule has 1 aromatic heterocycles. The molecule has 1 fully saturated rings. The summed E-state index contributed by atoms with van der Waals surface area (Å²) in [6.07, 6.45) is 3.56. The SMILES string of the molecule is CN[C@@H]1CCCN(c2cc(NC(=O)OC)ccn2)C1. The molecule has 6 heteroatoms. The molecular formula is C13H20N4O2. The first kappa shape index (κ1) is 13.6. The van der Waals surface area contributed by atoms with E-state index in [4.69, 9.17) is 0 Å². The Morgan fingerprint density at radius 1 is 1.58 bits per heavy atom. The van der Waals surface area contributed by atoms with Gasteiger partial charge in [-0.15, -0.1) is 0 Å². The van der Waals surface area contributed by atoms with E-state index in [9.17, 15) is 4.79 Å². The maximum Gasteiger partial charge on any atom is 0.411 e. The molecule has 2 N–H and O–H groups in total. The first-order chi connectivity index (χ1) is 9.22. The molecule has 0 bridgehead atoms. The van der Waals surface area contributed by atoms with Crippen LogP contribution in [0.5, 0.6) is 0 Å². The van der Waals surface area contributed by atoms with Crippen molar-refractivity contribution in [2.45, 2.75) is 18.9 Å². The number of aromatic nitrogens is 1. The van der Waals surface area contributed by atoms with Crippen LogP contribution in [0.1, 0.15) is 12.8 Å². The number of hydrogen-bond donors (Lipinski definition) is 2. The molecule has 0 spiro atoms. The van der Waals surface area contributed by atoms with E-state index in [0.717, 1.165) is 25.3 Å². The van der Waals surface area contributed by atoms with E-state index >= 15 is 0 Å². The molecule has 0 saturated carbocycles. The summed E-state index contributed by atoms with van der Waals surface area (Å²) >= 11 is 0. The van der Waals surface area contributed by atoms with Crippen LogP contribution in [-0.2, 0) is 4.74 Å². The lowest BCUT2D eigenvalue weighted by Gasteiger charge is -2.33. The van der Waals surface area contributed by atoms with Crippen molar-refractivity contribution < 1.29 is 9.53 Å². The fourth-order valence-electron chi connectivity index (χ4n) is 2.26. The van der Waals surface area contributed by atoms with Crippen LogP contribution in [0, 0.1) is 0 Å². The average Bonchev–Trinajstić information content (AvgIpc) is 2.47. The standard InChI is InChI=1S/C13H20N4O2/c1-14-11-4-3-7-17(9-11)12-8-10(5-6-15-12)16-13(18)19-2/h5-6,8,11,14H,3-4,7,9H2,1-2H3,(H,15,16,18)/t11-/m1/s1. The number of methoxy groups -OCH3 is 1. The van der Waals surface area contributed by atoms with Crippen LogP contribution in [0.2, 0.25) is 0 Å². The minimum absolute atomic E-state index is 0.469. The van der Waals surface area contributed by atoms with Gasteiger partial charge in [0.1, 0.15) is 5.82 Å². The molecular weight excluding hydrogens is 244 g/mol. The Bertz CT molecular complexity index is 438. The zero-order valence-corrected chi connectivity index (χ0v) is 11.3. The zero-order chi connectivity index (χ0) is 13.7. The lowest BCUT2D eigenvalue weighted by atomic mass is 10.1. The van der Waals surface area contributed by atoms with Crippen LogP contribution < -0.4 is 15.5 Å². The van der Waals surface area contributed by atoms with Gasteiger partial charge in [-0.25, -0.2) is 9.78 Å².